The first-order chi connectivity index (χ1) is 9.31. The first-order valence-electron chi connectivity index (χ1n) is 5.45. The molecule has 7 nitrogen and oxygen atoms in total. The average Bonchev–Trinajstić information content (AvgIpc) is 2.36. The summed E-state index contributed by atoms with van der Waals surface area (Å²) < 4.78 is 26.3. The number of hydrogen-bond acceptors (Lipinski definition) is 6. The molecule has 2 aromatic rings. The first kappa shape index (κ1) is 12.4. The number of nitrogens with one attached hydrogen (secondary N) is 1. The molecule has 0 aromatic heterocycles. The van der Waals surface area contributed by atoms with Crippen molar-refractivity contribution < 1.29 is 28.8 Å². The minimum atomic E-state index is -3.94. The third-order valence-corrected chi connectivity index (χ3v) is 4.44. The lowest BCUT2D eigenvalue weighted by Crippen LogP contribution is -2.18. The molecule has 1 heterocycles. The lowest BCUT2D eigenvalue weighted by Gasteiger charge is -2.23. The van der Waals surface area contributed by atoms with Crippen molar-refractivity contribution in [3.8, 4) is 34.1 Å². The molecule has 0 fully saturated rings. The van der Waals surface area contributed by atoms with Crippen molar-refractivity contribution in [2.24, 2.45) is 0 Å². The van der Waals surface area contributed by atoms with E-state index >= 15 is 0 Å². The monoisotopic (exact) mass is 295 g/mol. The molecule has 0 aliphatic carbocycles. The molecule has 20 heavy (non-hydrogen) atoms. The largest absolute Gasteiger partial charge is 0.504 e. The van der Waals surface area contributed by atoms with Gasteiger partial charge in [-0.3, -0.25) is 4.72 Å². The van der Waals surface area contributed by atoms with Crippen molar-refractivity contribution >= 4 is 15.7 Å². The van der Waals surface area contributed by atoms with Crippen LogP contribution >= 0.6 is 0 Å². The summed E-state index contributed by atoms with van der Waals surface area (Å²) in [4.78, 5) is -0.304. The van der Waals surface area contributed by atoms with Crippen LogP contribution in [0.5, 0.6) is 23.0 Å². The Morgan fingerprint density at radius 3 is 2.25 bits per heavy atom. The second kappa shape index (κ2) is 3.70. The van der Waals surface area contributed by atoms with Gasteiger partial charge >= 0.3 is 0 Å². The average molecular weight is 295 g/mol. The van der Waals surface area contributed by atoms with Crippen LogP contribution in [0.15, 0.2) is 29.2 Å². The second-order valence-electron chi connectivity index (χ2n) is 4.30. The number of rotatable bonds is 0. The van der Waals surface area contributed by atoms with Crippen LogP contribution in [0.3, 0.4) is 0 Å². The van der Waals surface area contributed by atoms with E-state index in [0.717, 1.165) is 18.2 Å². The van der Waals surface area contributed by atoms with Crippen LogP contribution in [0, 0.1) is 0 Å². The second-order valence-corrected chi connectivity index (χ2v) is 5.95. The van der Waals surface area contributed by atoms with Gasteiger partial charge in [0.2, 0.25) is 0 Å². The number of sulfonamides is 1. The van der Waals surface area contributed by atoms with Crippen molar-refractivity contribution in [1.29, 1.82) is 0 Å². The molecule has 0 radical (unpaired) electrons. The normalized spacial score (nSPS) is 15.0. The van der Waals surface area contributed by atoms with Gasteiger partial charge in [0.15, 0.2) is 23.0 Å². The van der Waals surface area contributed by atoms with Gasteiger partial charge < -0.3 is 20.4 Å². The van der Waals surface area contributed by atoms with Crippen molar-refractivity contribution in [2.75, 3.05) is 4.72 Å². The maximum absolute atomic E-state index is 12.0. The smallest absolute Gasteiger partial charge is 0.262 e. The quantitative estimate of drug-likeness (QED) is 0.368. The van der Waals surface area contributed by atoms with Crippen molar-refractivity contribution in [3.05, 3.63) is 24.3 Å². The summed E-state index contributed by atoms with van der Waals surface area (Å²) in [5, 5.41) is 38.4. The predicted octanol–water partition coefficient (Wildman–Crippen LogP) is 1.29. The van der Waals surface area contributed by atoms with Crippen LogP contribution in [0.1, 0.15) is 0 Å². The van der Waals surface area contributed by atoms with Crippen LogP contribution in [0.25, 0.3) is 11.1 Å². The van der Waals surface area contributed by atoms with E-state index in [1.165, 1.54) is 6.07 Å². The maximum atomic E-state index is 12.0. The number of benzene rings is 2. The standard InChI is InChI=1S/C12H9NO6S/c14-7-2-1-6-11(12(7)17)5-3-8(15)9(16)4-10(5)20(18,19)13-6/h1-4,13-17H. The Bertz CT molecular complexity index is 844. The van der Waals surface area contributed by atoms with E-state index < -0.39 is 33.0 Å². The summed E-state index contributed by atoms with van der Waals surface area (Å²) in [5.41, 5.74) is 0.0884. The highest BCUT2D eigenvalue weighted by atomic mass is 32.2. The topological polar surface area (TPSA) is 127 Å². The van der Waals surface area contributed by atoms with Crippen LogP contribution < -0.4 is 4.72 Å². The van der Waals surface area contributed by atoms with E-state index in [4.69, 9.17) is 0 Å². The van der Waals surface area contributed by atoms with E-state index in [0.29, 0.717) is 0 Å². The summed E-state index contributed by atoms with van der Waals surface area (Å²) >= 11 is 0. The van der Waals surface area contributed by atoms with Gasteiger partial charge in [-0.2, -0.15) is 0 Å². The highest BCUT2D eigenvalue weighted by Gasteiger charge is 2.31. The molecule has 0 spiro atoms. The van der Waals surface area contributed by atoms with Crippen LogP contribution in [-0.4, -0.2) is 28.8 Å². The number of fused-ring (bicyclic) bond motifs is 3. The minimum Gasteiger partial charge on any atom is -0.504 e. The molecular weight excluding hydrogens is 286 g/mol. The van der Waals surface area contributed by atoms with Gasteiger partial charge in [-0.1, -0.05) is 0 Å². The summed E-state index contributed by atoms with van der Waals surface area (Å²) in [6, 6.07) is 4.32. The molecule has 1 aliphatic rings. The van der Waals surface area contributed by atoms with Crippen molar-refractivity contribution in [1.82, 2.24) is 0 Å². The molecule has 0 bridgehead atoms. The third kappa shape index (κ3) is 1.55. The van der Waals surface area contributed by atoms with E-state index in [1.54, 1.807) is 0 Å². The molecule has 8 heteroatoms. The fourth-order valence-electron chi connectivity index (χ4n) is 2.11. The van der Waals surface area contributed by atoms with Gasteiger partial charge in [-0.25, -0.2) is 8.42 Å². The fourth-order valence-corrected chi connectivity index (χ4v) is 3.40. The molecule has 0 amide bonds. The Hall–Kier alpha value is -2.61. The van der Waals surface area contributed by atoms with E-state index in [1.807, 2.05) is 0 Å². The van der Waals surface area contributed by atoms with E-state index in [9.17, 15) is 28.8 Å². The Morgan fingerprint density at radius 1 is 0.900 bits per heavy atom. The minimum absolute atomic E-state index is 0.0116. The number of aromatic hydroxyl groups is 4. The summed E-state index contributed by atoms with van der Waals surface area (Å²) in [6.07, 6.45) is 0. The summed E-state index contributed by atoms with van der Waals surface area (Å²) in [7, 11) is -3.94. The van der Waals surface area contributed by atoms with Gasteiger partial charge in [0, 0.05) is 11.6 Å². The molecule has 104 valence electrons. The van der Waals surface area contributed by atoms with Crippen LogP contribution in [0.2, 0.25) is 0 Å². The Kier molecular flexibility index (Phi) is 2.30. The van der Waals surface area contributed by atoms with Crippen molar-refractivity contribution in [3.63, 3.8) is 0 Å². The van der Waals surface area contributed by atoms with Gasteiger partial charge in [-0.05, 0) is 18.2 Å². The van der Waals surface area contributed by atoms with Gasteiger partial charge in [0.25, 0.3) is 10.0 Å². The zero-order valence-corrected chi connectivity index (χ0v) is 10.6. The van der Waals surface area contributed by atoms with Crippen LogP contribution in [0.4, 0.5) is 5.69 Å². The molecule has 0 saturated heterocycles. The Morgan fingerprint density at radius 2 is 1.55 bits per heavy atom. The Balaban J connectivity index is 2.47. The predicted molar refractivity (Wildman–Crippen MR) is 69.3 cm³/mol. The van der Waals surface area contributed by atoms with Crippen LogP contribution in [-0.2, 0) is 10.0 Å². The number of phenols is 4. The zero-order valence-electron chi connectivity index (χ0n) is 9.82. The van der Waals surface area contributed by atoms with Gasteiger partial charge in [-0.15, -0.1) is 0 Å². The summed E-state index contributed by atoms with van der Waals surface area (Å²) in [6.45, 7) is 0. The highest BCUT2D eigenvalue weighted by Crippen LogP contribution is 2.49. The lowest BCUT2D eigenvalue weighted by molar-refractivity contribution is 0.401. The SMILES string of the molecule is O=S1(=O)Nc2ccc(O)c(O)c2-c2cc(O)c(O)cc21. The number of anilines is 1. The van der Waals surface area contributed by atoms with Gasteiger partial charge in [0.05, 0.1) is 16.1 Å². The summed E-state index contributed by atoms with van der Waals surface area (Å²) in [5.74, 6) is -2.08. The number of hydrogen-bond donors (Lipinski definition) is 5. The maximum Gasteiger partial charge on any atom is 0.262 e. The molecule has 5 N–H and O–H groups in total. The third-order valence-electron chi connectivity index (χ3n) is 3.04. The zero-order chi connectivity index (χ0) is 14.7. The Labute approximate surface area is 113 Å². The van der Waals surface area contributed by atoms with E-state index in [-0.39, 0.29) is 21.7 Å². The van der Waals surface area contributed by atoms with Crippen molar-refractivity contribution in [2.45, 2.75) is 4.90 Å². The molecule has 1 aliphatic heterocycles. The number of phenolic OH excluding ortho intramolecular Hbond substituents is 4. The van der Waals surface area contributed by atoms with Gasteiger partial charge in [0.1, 0.15) is 0 Å². The van der Waals surface area contributed by atoms with E-state index in [2.05, 4.69) is 4.72 Å². The lowest BCUT2D eigenvalue weighted by atomic mass is 10.0. The molecule has 3 rings (SSSR count). The first-order valence-corrected chi connectivity index (χ1v) is 6.93. The fraction of sp³-hybridized carbons (Fsp3) is 0. The molecule has 0 atom stereocenters. The highest BCUT2D eigenvalue weighted by molar-refractivity contribution is 7.93. The molecule has 0 saturated carbocycles. The molecule has 2 aromatic carbocycles. The molecule has 0 unspecified atom stereocenters. The molecular formula is C12H9NO6S.